The molecule has 20 heavy (non-hydrogen) atoms. The van der Waals surface area contributed by atoms with Gasteiger partial charge in [0.05, 0.1) is 18.3 Å². The molecule has 6 nitrogen and oxygen atoms in total. The predicted octanol–water partition coefficient (Wildman–Crippen LogP) is 0.367. The molecule has 1 aromatic rings. The number of primary amides is 1. The third kappa shape index (κ3) is 3.94. The molecular formula is C14H20N4O2. The minimum atomic E-state index is -0.235. The molecule has 6 heteroatoms. The van der Waals surface area contributed by atoms with E-state index in [-0.39, 0.29) is 30.2 Å². The van der Waals surface area contributed by atoms with Crippen molar-refractivity contribution in [1.82, 2.24) is 10.3 Å². The number of nitrogen functional groups attached to an aromatic ring is 1. The highest BCUT2D eigenvalue weighted by molar-refractivity contribution is 5.79. The number of hydrogen-bond donors (Lipinski definition) is 3. The normalized spacial score (nSPS) is 22.2. The monoisotopic (exact) mass is 276 g/mol. The van der Waals surface area contributed by atoms with E-state index in [1.54, 1.807) is 18.3 Å². The number of nitrogens with zero attached hydrogens (tertiary/aromatic N) is 1. The van der Waals surface area contributed by atoms with Crippen LogP contribution in [-0.2, 0) is 16.0 Å². The Morgan fingerprint density at radius 1 is 1.25 bits per heavy atom. The van der Waals surface area contributed by atoms with Gasteiger partial charge in [0.2, 0.25) is 11.8 Å². The number of pyridine rings is 1. The minimum Gasteiger partial charge on any atom is -0.397 e. The number of nitrogens with one attached hydrogen (secondary N) is 1. The third-order valence-electron chi connectivity index (χ3n) is 3.68. The standard InChI is InChI=1S/C14H20N4O2/c15-10-3-6-12(17-8-10)7-13(19)18-11-4-1-9(2-5-11)14(16)20/h3,6,8-9,11H,1-2,4-5,7,15H2,(H2,16,20)(H,18,19). The number of amides is 2. The molecule has 1 aliphatic rings. The van der Waals surface area contributed by atoms with Gasteiger partial charge in [0.15, 0.2) is 0 Å². The molecule has 1 fully saturated rings. The average Bonchev–Trinajstić information content (AvgIpc) is 2.42. The third-order valence-corrected chi connectivity index (χ3v) is 3.68. The van der Waals surface area contributed by atoms with E-state index in [9.17, 15) is 9.59 Å². The molecule has 2 amide bonds. The van der Waals surface area contributed by atoms with Gasteiger partial charge in [-0.1, -0.05) is 0 Å². The van der Waals surface area contributed by atoms with E-state index >= 15 is 0 Å². The van der Waals surface area contributed by atoms with Crippen molar-refractivity contribution in [2.75, 3.05) is 5.73 Å². The van der Waals surface area contributed by atoms with E-state index in [0.717, 1.165) is 25.7 Å². The number of carbonyl (C=O) groups is 2. The highest BCUT2D eigenvalue weighted by atomic mass is 16.2. The van der Waals surface area contributed by atoms with Gasteiger partial charge >= 0.3 is 0 Å². The zero-order chi connectivity index (χ0) is 14.5. The van der Waals surface area contributed by atoms with Crippen molar-refractivity contribution in [1.29, 1.82) is 0 Å². The largest absolute Gasteiger partial charge is 0.397 e. The summed E-state index contributed by atoms with van der Waals surface area (Å²) >= 11 is 0. The fourth-order valence-electron chi connectivity index (χ4n) is 2.51. The van der Waals surface area contributed by atoms with Crippen molar-refractivity contribution in [2.24, 2.45) is 11.7 Å². The Bertz CT molecular complexity index is 478. The van der Waals surface area contributed by atoms with Crippen LogP contribution in [0.1, 0.15) is 31.4 Å². The quantitative estimate of drug-likeness (QED) is 0.737. The van der Waals surface area contributed by atoms with Crippen LogP contribution < -0.4 is 16.8 Å². The molecule has 1 heterocycles. The van der Waals surface area contributed by atoms with E-state index < -0.39 is 0 Å². The van der Waals surface area contributed by atoms with Crippen LogP contribution in [0.2, 0.25) is 0 Å². The molecule has 1 saturated carbocycles. The molecule has 108 valence electrons. The smallest absolute Gasteiger partial charge is 0.226 e. The first-order valence-corrected chi connectivity index (χ1v) is 6.83. The van der Waals surface area contributed by atoms with Crippen LogP contribution in [0.3, 0.4) is 0 Å². The van der Waals surface area contributed by atoms with E-state index in [4.69, 9.17) is 11.5 Å². The maximum Gasteiger partial charge on any atom is 0.226 e. The molecule has 0 saturated heterocycles. The fourth-order valence-corrected chi connectivity index (χ4v) is 2.51. The Kier molecular flexibility index (Phi) is 4.55. The lowest BCUT2D eigenvalue weighted by atomic mass is 9.85. The number of anilines is 1. The zero-order valence-electron chi connectivity index (χ0n) is 11.3. The van der Waals surface area contributed by atoms with Crippen LogP contribution in [0.25, 0.3) is 0 Å². The Morgan fingerprint density at radius 3 is 2.50 bits per heavy atom. The van der Waals surface area contributed by atoms with E-state index in [1.807, 2.05) is 0 Å². The fraction of sp³-hybridized carbons (Fsp3) is 0.500. The van der Waals surface area contributed by atoms with Crippen molar-refractivity contribution in [3.8, 4) is 0 Å². The SMILES string of the molecule is NC(=O)C1CCC(NC(=O)Cc2ccc(N)cn2)CC1. The summed E-state index contributed by atoms with van der Waals surface area (Å²) in [6.07, 6.45) is 4.89. The van der Waals surface area contributed by atoms with Crippen LogP contribution in [0.4, 0.5) is 5.69 Å². The minimum absolute atomic E-state index is 0.0399. The highest BCUT2D eigenvalue weighted by Gasteiger charge is 2.25. The molecular weight excluding hydrogens is 256 g/mol. The molecule has 0 spiro atoms. The number of nitrogens with two attached hydrogens (primary N) is 2. The second-order valence-corrected chi connectivity index (χ2v) is 5.28. The second-order valence-electron chi connectivity index (χ2n) is 5.28. The highest BCUT2D eigenvalue weighted by Crippen LogP contribution is 2.23. The lowest BCUT2D eigenvalue weighted by molar-refractivity contribution is -0.123. The Labute approximate surface area is 117 Å². The summed E-state index contributed by atoms with van der Waals surface area (Å²) in [7, 11) is 0. The van der Waals surface area contributed by atoms with Crippen LogP contribution in [0.5, 0.6) is 0 Å². The average molecular weight is 276 g/mol. The Hall–Kier alpha value is -2.11. The Morgan fingerprint density at radius 2 is 1.95 bits per heavy atom. The molecule has 1 aromatic heterocycles. The molecule has 0 bridgehead atoms. The summed E-state index contributed by atoms with van der Waals surface area (Å²) in [5.41, 5.74) is 12.1. The number of carbonyl (C=O) groups excluding carboxylic acids is 2. The first kappa shape index (κ1) is 14.3. The van der Waals surface area contributed by atoms with Gasteiger partial charge in [-0.2, -0.15) is 0 Å². The van der Waals surface area contributed by atoms with Crippen molar-refractivity contribution in [3.63, 3.8) is 0 Å². The van der Waals surface area contributed by atoms with Gasteiger partial charge in [-0.05, 0) is 37.8 Å². The van der Waals surface area contributed by atoms with Gasteiger partial charge in [-0.3, -0.25) is 14.6 Å². The van der Waals surface area contributed by atoms with E-state index in [1.165, 1.54) is 0 Å². The molecule has 5 N–H and O–H groups in total. The van der Waals surface area contributed by atoms with Crippen LogP contribution >= 0.6 is 0 Å². The van der Waals surface area contributed by atoms with Gasteiger partial charge < -0.3 is 16.8 Å². The first-order chi connectivity index (χ1) is 9.54. The summed E-state index contributed by atoms with van der Waals surface area (Å²) in [5.74, 6) is -0.326. The molecule has 1 aliphatic carbocycles. The number of hydrogen-bond acceptors (Lipinski definition) is 4. The summed E-state index contributed by atoms with van der Waals surface area (Å²) in [5, 5.41) is 2.98. The molecule has 0 aliphatic heterocycles. The molecule has 0 radical (unpaired) electrons. The maximum atomic E-state index is 11.9. The molecule has 0 unspecified atom stereocenters. The lowest BCUT2D eigenvalue weighted by Crippen LogP contribution is -2.40. The molecule has 2 rings (SSSR count). The van der Waals surface area contributed by atoms with Crippen molar-refractivity contribution >= 4 is 17.5 Å². The van der Waals surface area contributed by atoms with Gasteiger partial charge in [-0.15, -0.1) is 0 Å². The van der Waals surface area contributed by atoms with Crippen molar-refractivity contribution in [3.05, 3.63) is 24.0 Å². The van der Waals surface area contributed by atoms with E-state index in [2.05, 4.69) is 10.3 Å². The van der Waals surface area contributed by atoms with E-state index in [0.29, 0.717) is 11.4 Å². The summed E-state index contributed by atoms with van der Waals surface area (Å²) in [4.78, 5) is 27.1. The predicted molar refractivity (Wildman–Crippen MR) is 75.4 cm³/mol. The number of rotatable bonds is 4. The Balaban J connectivity index is 1.78. The first-order valence-electron chi connectivity index (χ1n) is 6.83. The summed E-state index contributed by atoms with van der Waals surface area (Å²) < 4.78 is 0. The van der Waals surface area contributed by atoms with Crippen molar-refractivity contribution < 1.29 is 9.59 Å². The summed E-state index contributed by atoms with van der Waals surface area (Å²) in [6, 6.07) is 3.61. The number of aromatic nitrogens is 1. The van der Waals surface area contributed by atoms with Crippen LogP contribution in [0, 0.1) is 5.92 Å². The topological polar surface area (TPSA) is 111 Å². The van der Waals surface area contributed by atoms with Gasteiger partial charge in [0, 0.05) is 17.7 Å². The van der Waals surface area contributed by atoms with Gasteiger partial charge in [0.1, 0.15) is 0 Å². The van der Waals surface area contributed by atoms with Gasteiger partial charge in [-0.25, -0.2) is 0 Å². The van der Waals surface area contributed by atoms with Crippen LogP contribution in [-0.4, -0.2) is 22.8 Å². The maximum absolute atomic E-state index is 11.9. The second kappa shape index (κ2) is 6.36. The lowest BCUT2D eigenvalue weighted by Gasteiger charge is -2.27. The van der Waals surface area contributed by atoms with Gasteiger partial charge in [0.25, 0.3) is 0 Å². The van der Waals surface area contributed by atoms with Crippen molar-refractivity contribution in [2.45, 2.75) is 38.1 Å². The molecule has 0 atom stereocenters. The zero-order valence-corrected chi connectivity index (χ0v) is 11.3. The molecule has 0 aromatic carbocycles. The van der Waals surface area contributed by atoms with Crippen LogP contribution in [0.15, 0.2) is 18.3 Å². The summed E-state index contributed by atoms with van der Waals surface area (Å²) in [6.45, 7) is 0.